The summed E-state index contributed by atoms with van der Waals surface area (Å²) in [7, 11) is 0. The number of hydrogen-bond donors (Lipinski definition) is 3. The van der Waals surface area contributed by atoms with Crippen molar-refractivity contribution >= 4 is 11.8 Å². The molecule has 2 amide bonds. The summed E-state index contributed by atoms with van der Waals surface area (Å²) in [6.07, 6.45) is 4.54. The lowest BCUT2D eigenvalue weighted by Gasteiger charge is -2.13. The highest BCUT2D eigenvalue weighted by atomic mass is 16.2. The van der Waals surface area contributed by atoms with Gasteiger partial charge in [0.1, 0.15) is 0 Å². The molecule has 0 bridgehead atoms. The summed E-state index contributed by atoms with van der Waals surface area (Å²) in [6, 6.07) is 0.0506. The fourth-order valence-electron chi connectivity index (χ4n) is 1.66. The zero-order valence-corrected chi connectivity index (χ0v) is 11.6. The Balaban J connectivity index is 3.57. The molecule has 0 aliphatic heterocycles. The molecule has 0 rings (SSSR count). The molecule has 1 unspecified atom stereocenters. The topological polar surface area (TPSA) is 84.2 Å². The Morgan fingerprint density at radius 3 is 2.44 bits per heavy atom. The summed E-state index contributed by atoms with van der Waals surface area (Å²) in [4.78, 5) is 22.8. The van der Waals surface area contributed by atoms with Gasteiger partial charge < -0.3 is 16.4 Å². The Morgan fingerprint density at radius 1 is 1.11 bits per heavy atom. The van der Waals surface area contributed by atoms with Gasteiger partial charge in [-0.3, -0.25) is 9.59 Å². The molecule has 18 heavy (non-hydrogen) atoms. The minimum atomic E-state index is 0.0431. The third-order valence-electron chi connectivity index (χ3n) is 2.69. The van der Waals surface area contributed by atoms with E-state index in [4.69, 9.17) is 5.73 Å². The summed E-state index contributed by atoms with van der Waals surface area (Å²) in [5.74, 6) is 0.108. The molecule has 0 spiro atoms. The standard InChI is InChI=1S/C13H27N3O2/c1-3-15-12(17)9-8-11(2)16-13(18)7-5-4-6-10-14/h11H,3-10,14H2,1-2H3,(H,15,17)(H,16,18). The largest absolute Gasteiger partial charge is 0.356 e. The lowest BCUT2D eigenvalue weighted by molar-refractivity contribution is -0.123. The van der Waals surface area contributed by atoms with E-state index < -0.39 is 0 Å². The highest BCUT2D eigenvalue weighted by Gasteiger charge is 2.09. The maximum Gasteiger partial charge on any atom is 0.220 e. The van der Waals surface area contributed by atoms with E-state index in [1.165, 1.54) is 0 Å². The average Bonchev–Trinajstić information content (AvgIpc) is 2.32. The van der Waals surface area contributed by atoms with Gasteiger partial charge in [-0.1, -0.05) is 6.42 Å². The summed E-state index contributed by atoms with van der Waals surface area (Å²) in [5, 5.41) is 5.64. The third-order valence-corrected chi connectivity index (χ3v) is 2.69. The van der Waals surface area contributed by atoms with Crippen molar-refractivity contribution < 1.29 is 9.59 Å². The van der Waals surface area contributed by atoms with Crippen LogP contribution in [0.1, 0.15) is 52.4 Å². The van der Waals surface area contributed by atoms with Crippen LogP contribution in [0.3, 0.4) is 0 Å². The van der Waals surface area contributed by atoms with Crippen molar-refractivity contribution in [3.05, 3.63) is 0 Å². The van der Waals surface area contributed by atoms with Crippen molar-refractivity contribution in [2.24, 2.45) is 5.73 Å². The predicted octanol–water partition coefficient (Wildman–Crippen LogP) is 0.927. The normalized spacial score (nSPS) is 11.9. The lowest BCUT2D eigenvalue weighted by Crippen LogP contribution is -2.33. The lowest BCUT2D eigenvalue weighted by atomic mass is 10.1. The molecule has 5 heteroatoms. The first-order chi connectivity index (χ1) is 8.60. The molecule has 5 nitrogen and oxygen atoms in total. The van der Waals surface area contributed by atoms with Crippen LogP contribution < -0.4 is 16.4 Å². The summed E-state index contributed by atoms with van der Waals surface area (Å²) < 4.78 is 0. The van der Waals surface area contributed by atoms with Crippen LogP contribution in [0.25, 0.3) is 0 Å². The molecule has 0 aromatic carbocycles. The number of nitrogens with one attached hydrogen (secondary N) is 2. The maximum absolute atomic E-state index is 11.5. The van der Waals surface area contributed by atoms with Crippen LogP contribution in [0.5, 0.6) is 0 Å². The smallest absolute Gasteiger partial charge is 0.220 e. The van der Waals surface area contributed by atoms with Gasteiger partial charge in [-0.15, -0.1) is 0 Å². The van der Waals surface area contributed by atoms with Crippen molar-refractivity contribution in [3.63, 3.8) is 0 Å². The molecule has 106 valence electrons. The Morgan fingerprint density at radius 2 is 1.83 bits per heavy atom. The average molecular weight is 257 g/mol. The number of nitrogens with two attached hydrogens (primary N) is 1. The van der Waals surface area contributed by atoms with E-state index >= 15 is 0 Å². The number of rotatable bonds is 10. The SMILES string of the molecule is CCNC(=O)CCC(C)NC(=O)CCCCCN. The minimum Gasteiger partial charge on any atom is -0.356 e. The van der Waals surface area contributed by atoms with E-state index in [1.807, 2.05) is 13.8 Å². The summed E-state index contributed by atoms with van der Waals surface area (Å²) >= 11 is 0. The fourth-order valence-corrected chi connectivity index (χ4v) is 1.66. The molecule has 0 aromatic heterocycles. The Bertz CT molecular complexity index is 244. The first kappa shape index (κ1) is 16.9. The molecule has 0 radical (unpaired) electrons. The number of hydrogen-bond acceptors (Lipinski definition) is 3. The van der Waals surface area contributed by atoms with Crippen LogP contribution in [0.4, 0.5) is 0 Å². The zero-order valence-electron chi connectivity index (χ0n) is 11.6. The second-order valence-corrected chi connectivity index (χ2v) is 4.56. The van der Waals surface area contributed by atoms with E-state index in [9.17, 15) is 9.59 Å². The highest BCUT2D eigenvalue weighted by molar-refractivity contribution is 5.77. The minimum absolute atomic E-state index is 0.0431. The summed E-state index contributed by atoms with van der Waals surface area (Å²) in [6.45, 7) is 5.16. The second-order valence-electron chi connectivity index (χ2n) is 4.56. The molecule has 0 fully saturated rings. The van der Waals surface area contributed by atoms with Gasteiger partial charge in [-0.05, 0) is 39.7 Å². The van der Waals surface area contributed by atoms with Gasteiger partial charge in [0.25, 0.3) is 0 Å². The van der Waals surface area contributed by atoms with Gasteiger partial charge in [0, 0.05) is 25.4 Å². The zero-order chi connectivity index (χ0) is 13.8. The molecule has 0 aliphatic rings. The van der Waals surface area contributed by atoms with Gasteiger partial charge >= 0.3 is 0 Å². The second kappa shape index (κ2) is 11.0. The number of unbranched alkanes of at least 4 members (excludes halogenated alkanes) is 2. The molecule has 4 N–H and O–H groups in total. The van der Waals surface area contributed by atoms with Crippen LogP contribution in [0.15, 0.2) is 0 Å². The number of carbonyl (C=O) groups excluding carboxylic acids is 2. The predicted molar refractivity (Wildman–Crippen MR) is 73.0 cm³/mol. The Labute approximate surface area is 110 Å². The van der Waals surface area contributed by atoms with Crippen molar-refractivity contribution in [1.29, 1.82) is 0 Å². The quantitative estimate of drug-likeness (QED) is 0.509. The van der Waals surface area contributed by atoms with E-state index in [0.717, 1.165) is 19.3 Å². The van der Waals surface area contributed by atoms with Crippen LogP contribution in [-0.4, -0.2) is 30.9 Å². The van der Waals surface area contributed by atoms with E-state index in [-0.39, 0.29) is 17.9 Å². The number of carbonyl (C=O) groups is 2. The van der Waals surface area contributed by atoms with Crippen LogP contribution in [-0.2, 0) is 9.59 Å². The van der Waals surface area contributed by atoms with Crippen LogP contribution in [0, 0.1) is 0 Å². The van der Waals surface area contributed by atoms with Gasteiger partial charge in [0.15, 0.2) is 0 Å². The maximum atomic E-state index is 11.5. The first-order valence-electron chi connectivity index (χ1n) is 6.86. The highest BCUT2D eigenvalue weighted by Crippen LogP contribution is 2.01. The van der Waals surface area contributed by atoms with Crippen molar-refractivity contribution in [2.75, 3.05) is 13.1 Å². The molecular weight excluding hydrogens is 230 g/mol. The molecule has 0 aromatic rings. The monoisotopic (exact) mass is 257 g/mol. The fraction of sp³-hybridized carbons (Fsp3) is 0.846. The Kier molecular flexibility index (Phi) is 10.3. The Hall–Kier alpha value is -1.10. The summed E-state index contributed by atoms with van der Waals surface area (Å²) in [5.41, 5.74) is 5.38. The molecule has 0 saturated heterocycles. The van der Waals surface area contributed by atoms with Gasteiger partial charge in [-0.25, -0.2) is 0 Å². The van der Waals surface area contributed by atoms with Gasteiger partial charge in [0.05, 0.1) is 0 Å². The third kappa shape index (κ3) is 10.1. The molecule has 0 saturated carbocycles. The van der Waals surface area contributed by atoms with Crippen molar-refractivity contribution in [2.45, 2.75) is 58.4 Å². The number of amides is 2. The van der Waals surface area contributed by atoms with E-state index in [0.29, 0.717) is 32.4 Å². The molecule has 0 heterocycles. The van der Waals surface area contributed by atoms with E-state index in [2.05, 4.69) is 10.6 Å². The van der Waals surface area contributed by atoms with Crippen molar-refractivity contribution in [1.82, 2.24) is 10.6 Å². The molecular formula is C13H27N3O2. The molecule has 0 aliphatic carbocycles. The van der Waals surface area contributed by atoms with E-state index in [1.54, 1.807) is 0 Å². The van der Waals surface area contributed by atoms with Crippen LogP contribution in [0.2, 0.25) is 0 Å². The van der Waals surface area contributed by atoms with Gasteiger partial charge in [-0.2, -0.15) is 0 Å². The van der Waals surface area contributed by atoms with Gasteiger partial charge in [0.2, 0.25) is 11.8 Å². The first-order valence-corrected chi connectivity index (χ1v) is 6.86. The van der Waals surface area contributed by atoms with Crippen LogP contribution >= 0.6 is 0 Å². The van der Waals surface area contributed by atoms with Crippen molar-refractivity contribution in [3.8, 4) is 0 Å². The molecule has 1 atom stereocenters.